The monoisotopic (exact) mass is 241 g/mol. The molecule has 0 aliphatic rings. The fraction of sp³-hybridized carbons (Fsp3) is 0. The molecule has 0 aliphatic heterocycles. The molecular formula is C9H5Cl2N3O. The molecule has 0 spiro atoms. The largest absolute Gasteiger partial charge is 0.296 e. The van der Waals surface area contributed by atoms with Crippen molar-refractivity contribution in [2.45, 2.75) is 0 Å². The van der Waals surface area contributed by atoms with Gasteiger partial charge in [-0.25, -0.2) is 0 Å². The van der Waals surface area contributed by atoms with Crippen LogP contribution in [0.2, 0.25) is 10.0 Å². The third kappa shape index (κ3) is 2.00. The molecule has 0 aliphatic carbocycles. The van der Waals surface area contributed by atoms with Crippen molar-refractivity contribution in [2.75, 3.05) is 0 Å². The molecule has 6 heteroatoms. The van der Waals surface area contributed by atoms with Crippen LogP contribution in [0.15, 0.2) is 24.4 Å². The van der Waals surface area contributed by atoms with Gasteiger partial charge in [0.1, 0.15) is 11.4 Å². The Morgan fingerprint density at radius 3 is 2.80 bits per heavy atom. The molecule has 0 fully saturated rings. The molecule has 0 amide bonds. The number of hydrogen-bond acceptors (Lipinski definition) is 3. The Bertz CT molecular complexity index is 510. The number of carbonyl (C=O) groups is 1. The van der Waals surface area contributed by atoms with E-state index in [1.807, 2.05) is 0 Å². The standard InChI is InChI=1S/C9H5Cl2N3O/c10-6-1-2-8(11)9(3-6)14-12-4-7(5-15)13-14/h1-5H. The lowest BCUT2D eigenvalue weighted by molar-refractivity contribution is 0.111. The van der Waals surface area contributed by atoms with Gasteiger partial charge in [-0.2, -0.15) is 5.10 Å². The third-order valence-corrected chi connectivity index (χ3v) is 2.31. The van der Waals surface area contributed by atoms with Gasteiger partial charge in [0.2, 0.25) is 0 Å². The predicted molar refractivity (Wildman–Crippen MR) is 56.8 cm³/mol. The van der Waals surface area contributed by atoms with Gasteiger partial charge in [0.25, 0.3) is 0 Å². The van der Waals surface area contributed by atoms with Crippen LogP contribution < -0.4 is 0 Å². The highest BCUT2D eigenvalue weighted by molar-refractivity contribution is 6.34. The predicted octanol–water partition coefficient (Wildman–Crippen LogP) is 2.39. The van der Waals surface area contributed by atoms with Gasteiger partial charge in [-0.3, -0.25) is 4.79 Å². The number of carbonyl (C=O) groups excluding carboxylic acids is 1. The summed E-state index contributed by atoms with van der Waals surface area (Å²) in [5.41, 5.74) is 0.781. The molecule has 0 unspecified atom stereocenters. The maximum absolute atomic E-state index is 10.4. The first kappa shape index (κ1) is 10.1. The maximum atomic E-state index is 10.4. The quantitative estimate of drug-likeness (QED) is 0.759. The second-order valence-corrected chi connectivity index (χ2v) is 3.62. The van der Waals surface area contributed by atoms with Gasteiger partial charge in [0.05, 0.1) is 11.2 Å². The zero-order valence-corrected chi connectivity index (χ0v) is 8.90. The Morgan fingerprint density at radius 1 is 1.33 bits per heavy atom. The van der Waals surface area contributed by atoms with Gasteiger partial charge in [0.15, 0.2) is 6.29 Å². The lowest BCUT2D eigenvalue weighted by Crippen LogP contribution is -2.00. The molecular weight excluding hydrogens is 237 g/mol. The van der Waals surface area contributed by atoms with E-state index in [2.05, 4.69) is 10.2 Å². The summed E-state index contributed by atoms with van der Waals surface area (Å²) in [5.74, 6) is 0. The van der Waals surface area contributed by atoms with Crippen molar-refractivity contribution in [2.24, 2.45) is 0 Å². The van der Waals surface area contributed by atoms with Crippen LogP contribution in [0.5, 0.6) is 0 Å². The van der Waals surface area contributed by atoms with Crippen LogP contribution in [0, 0.1) is 0 Å². The highest BCUT2D eigenvalue weighted by Crippen LogP contribution is 2.22. The van der Waals surface area contributed by atoms with Crippen LogP contribution in [0.4, 0.5) is 0 Å². The summed E-state index contributed by atoms with van der Waals surface area (Å²) in [6, 6.07) is 4.93. The minimum absolute atomic E-state index is 0.242. The zero-order chi connectivity index (χ0) is 10.8. The van der Waals surface area contributed by atoms with Crippen molar-refractivity contribution in [1.82, 2.24) is 15.0 Å². The van der Waals surface area contributed by atoms with E-state index in [1.54, 1.807) is 18.2 Å². The molecule has 0 saturated carbocycles. The minimum Gasteiger partial charge on any atom is -0.296 e. The second-order valence-electron chi connectivity index (χ2n) is 2.77. The van der Waals surface area contributed by atoms with E-state index in [0.29, 0.717) is 22.0 Å². The van der Waals surface area contributed by atoms with Crippen LogP contribution in [0.3, 0.4) is 0 Å². The summed E-state index contributed by atoms with van der Waals surface area (Å²) < 4.78 is 0. The van der Waals surface area contributed by atoms with Crippen LogP contribution in [0.25, 0.3) is 5.69 Å². The molecule has 0 radical (unpaired) electrons. The molecule has 1 heterocycles. The van der Waals surface area contributed by atoms with E-state index in [-0.39, 0.29) is 5.69 Å². The molecule has 4 nitrogen and oxygen atoms in total. The lowest BCUT2D eigenvalue weighted by Gasteiger charge is -2.02. The second kappa shape index (κ2) is 4.00. The van der Waals surface area contributed by atoms with E-state index in [0.717, 1.165) is 0 Å². The van der Waals surface area contributed by atoms with E-state index >= 15 is 0 Å². The van der Waals surface area contributed by atoms with Gasteiger partial charge in [-0.05, 0) is 18.2 Å². The first-order chi connectivity index (χ1) is 7.20. The Kier molecular flexibility index (Phi) is 2.70. The van der Waals surface area contributed by atoms with Crippen molar-refractivity contribution >= 4 is 29.5 Å². The van der Waals surface area contributed by atoms with Gasteiger partial charge >= 0.3 is 0 Å². The Morgan fingerprint density at radius 2 is 2.13 bits per heavy atom. The van der Waals surface area contributed by atoms with Crippen molar-refractivity contribution in [3.63, 3.8) is 0 Å². The van der Waals surface area contributed by atoms with Gasteiger partial charge in [-0.15, -0.1) is 9.90 Å². The zero-order valence-electron chi connectivity index (χ0n) is 7.39. The van der Waals surface area contributed by atoms with E-state index < -0.39 is 0 Å². The summed E-state index contributed by atoms with van der Waals surface area (Å²) in [4.78, 5) is 11.7. The van der Waals surface area contributed by atoms with Crippen molar-refractivity contribution < 1.29 is 4.79 Å². The molecule has 0 saturated heterocycles. The number of aldehydes is 1. The molecule has 2 aromatic rings. The summed E-state index contributed by atoms with van der Waals surface area (Å²) in [6.45, 7) is 0. The smallest absolute Gasteiger partial charge is 0.171 e. The fourth-order valence-corrected chi connectivity index (χ4v) is 1.44. The first-order valence-electron chi connectivity index (χ1n) is 4.03. The number of aromatic nitrogens is 3. The molecule has 0 atom stereocenters. The number of rotatable bonds is 2. The van der Waals surface area contributed by atoms with Crippen LogP contribution >= 0.6 is 23.2 Å². The molecule has 76 valence electrons. The number of hydrogen-bond donors (Lipinski definition) is 0. The third-order valence-electron chi connectivity index (χ3n) is 1.75. The SMILES string of the molecule is O=Cc1cnn(-c2cc(Cl)ccc2Cl)n1. The van der Waals surface area contributed by atoms with Crippen molar-refractivity contribution in [3.8, 4) is 5.69 Å². The van der Waals surface area contributed by atoms with Crippen molar-refractivity contribution in [3.05, 3.63) is 40.1 Å². The van der Waals surface area contributed by atoms with Crippen LogP contribution in [-0.4, -0.2) is 21.3 Å². The van der Waals surface area contributed by atoms with E-state index in [4.69, 9.17) is 23.2 Å². The average Bonchev–Trinajstić information content (AvgIpc) is 2.70. The Balaban J connectivity index is 2.52. The van der Waals surface area contributed by atoms with Gasteiger partial charge in [0, 0.05) is 5.02 Å². The van der Waals surface area contributed by atoms with E-state index in [1.165, 1.54) is 11.0 Å². The summed E-state index contributed by atoms with van der Waals surface area (Å²) in [7, 11) is 0. The maximum Gasteiger partial charge on any atom is 0.171 e. The highest BCUT2D eigenvalue weighted by Gasteiger charge is 2.06. The number of benzene rings is 1. The molecule has 1 aromatic heterocycles. The van der Waals surface area contributed by atoms with Crippen LogP contribution in [0.1, 0.15) is 10.5 Å². The number of halogens is 2. The highest BCUT2D eigenvalue weighted by atomic mass is 35.5. The normalized spacial score (nSPS) is 10.3. The summed E-state index contributed by atoms with van der Waals surface area (Å²) in [5, 5.41) is 8.78. The van der Waals surface area contributed by atoms with E-state index in [9.17, 15) is 4.79 Å². The average molecular weight is 242 g/mol. The fourth-order valence-electron chi connectivity index (χ4n) is 1.08. The van der Waals surface area contributed by atoms with Crippen molar-refractivity contribution in [1.29, 1.82) is 0 Å². The lowest BCUT2D eigenvalue weighted by atomic mass is 10.3. The first-order valence-corrected chi connectivity index (χ1v) is 4.79. The van der Waals surface area contributed by atoms with Gasteiger partial charge in [-0.1, -0.05) is 23.2 Å². The molecule has 0 N–H and O–H groups in total. The molecule has 2 rings (SSSR count). The number of nitrogens with zero attached hydrogens (tertiary/aromatic N) is 3. The molecule has 0 bridgehead atoms. The Hall–Kier alpha value is -1.39. The molecule has 15 heavy (non-hydrogen) atoms. The summed E-state index contributed by atoms with van der Waals surface area (Å²) >= 11 is 11.7. The van der Waals surface area contributed by atoms with Crippen LogP contribution in [-0.2, 0) is 0 Å². The topological polar surface area (TPSA) is 47.8 Å². The molecule has 1 aromatic carbocycles. The van der Waals surface area contributed by atoms with Gasteiger partial charge < -0.3 is 0 Å². The summed E-state index contributed by atoms with van der Waals surface area (Å²) in [6.07, 6.45) is 1.96. The minimum atomic E-state index is 0.242. The Labute approximate surface area is 95.4 Å².